The van der Waals surface area contributed by atoms with Crippen molar-refractivity contribution in [2.75, 3.05) is 4.72 Å². The Balaban J connectivity index is 1.53. The van der Waals surface area contributed by atoms with Crippen molar-refractivity contribution in [2.45, 2.75) is 18.4 Å². The minimum atomic E-state index is -4.06. The summed E-state index contributed by atoms with van der Waals surface area (Å²) in [5.74, 6) is -0.354. The topological polar surface area (TPSA) is 115 Å². The molecule has 0 fully saturated rings. The number of aromatic nitrogens is 3. The van der Waals surface area contributed by atoms with Gasteiger partial charge >= 0.3 is 0 Å². The van der Waals surface area contributed by atoms with Gasteiger partial charge in [-0.15, -0.1) is 0 Å². The van der Waals surface area contributed by atoms with Crippen molar-refractivity contribution in [1.29, 1.82) is 0 Å². The predicted molar refractivity (Wildman–Crippen MR) is 128 cm³/mol. The van der Waals surface area contributed by atoms with Crippen molar-refractivity contribution in [3.63, 3.8) is 0 Å². The Morgan fingerprint density at radius 1 is 0.971 bits per heavy atom. The van der Waals surface area contributed by atoms with Crippen LogP contribution in [0.1, 0.15) is 21.7 Å². The van der Waals surface area contributed by atoms with Crippen LogP contribution in [-0.2, 0) is 23.6 Å². The van der Waals surface area contributed by atoms with E-state index in [1.807, 2.05) is 12.1 Å². The van der Waals surface area contributed by atoms with Crippen LogP contribution < -0.4 is 15.6 Å². The third-order valence-corrected chi connectivity index (χ3v) is 6.74. The lowest BCUT2D eigenvalue weighted by Gasteiger charge is -2.08. The third-order valence-electron chi connectivity index (χ3n) is 5.37. The average molecular weight is 478 g/mol. The van der Waals surface area contributed by atoms with E-state index in [0.29, 0.717) is 22.6 Å². The van der Waals surface area contributed by atoms with Crippen molar-refractivity contribution in [2.24, 2.45) is 7.05 Å². The molecule has 2 N–H and O–H groups in total. The lowest BCUT2D eigenvalue weighted by Crippen LogP contribution is -2.24. The summed E-state index contributed by atoms with van der Waals surface area (Å²) in [4.78, 5) is 29.5. The highest BCUT2D eigenvalue weighted by atomic mass is 32.2. The van der Waals surface area contributed by atoms with Crippen LogP contribution in [0.5, 0.6) is 0 Å². The first-order chi connectivity index (χ1) is 16.3. The number of para-hydroxylation sites is 1. The predicted octanol–water partition coefficient (Wildman–Crippen LogP) is 2.61. The maximum Gasteiger partial charge on any atom is 0.296 e. The zero-order chi connectivity index (χ0) is 24.3. The fourth-order valence-corrected chi connectivity index (χ4v) is 4.56. The molecule has 2 aromatic carbocycles. The molecule has 0 bridgehead atoms. The minimum Gasteiger partial charge on any atom is -0.346 e. The molecule has 1 amide bonds. The standard InChI is InChI=1S/C24H23N5O4S/c1-17-22(24(31)29(28(17)2)20-9-4-3-5-10-20)27-34(32,33)21-13-11-18(12-14-21)23(30)26-16-19-8-6-7-15-25-19/h3-15,27H,16H2,1-2H3,(H,26,30). The van der Waals surface area contributed by atoms with Crippen LogP contribution in [0, 0.1) is 6.92 Å². The zero-order valence-corrected chi connectivity index (χ0v) is 19.4. The molecule has 9 nitrogen and oxygen atoms in total. The molecule has 10 heteroatoms. The Labute approximate surface area is 196 Å². The molecule has 2 aromatic heterocycles. The van der Waals surface area contributed by atoms with E-state index in [1.54, 1.807) is 61.2 Å². The first-order valence-corrected chi connectivity index (χ1v) is 11.9. The van der Waals surface area contributed by atoms with Gasteiger partial charge in [0.25, 0.3) is 21.5 Å². The molecule has 0 atom stereocenters. The van der Waals surface area contributed by atoms with Crippen LogP contribution in [0.2, 0.25) is 0 Å². The second-order valence-electron chi connectivity index (χ2n) is 7.57. The molecule has 4 aromatic rings. The average Bonchev–Trinajstić information content (AvgIpc) is 3.06. The number of carbonyl (C=O) groups excluding carboxylic acids is 1. The summed E-state index contributed by atoms with van der Waals surface area (Å²) < 4.78 is 31.3. The van der Waals surface area contributed by atoms with E-state index in [2.05, 4.69) is 15.0 Å². The van der Waals surface area contributed by atoms with Gasteiger partial charge < -0.3 is 5.32 Å². The van der Waals surface area contributed by atoms with Crippen LogP contribution in [0.25, 0.3) is 5.69 Å². The largest absolute Gasteiger partial charge is 0.346 e. The number of nitrogens with one attached hydrogen (secondary N) is 2. The van der Waals surface area contributed by atoms with Crippen molar-refractivity contribution < 1.29 is 13.2 Å². The molecule has 0 aliphatic heterocycles. The zero-order valence-electron chi connectivity index (χ0n) is 18.6. The summed E-state index contributed by atoms with van der Waals surface area (Å²) in [5.41, 5.74) is 1.56. The van der Waals surface area contributed by atoms with Crippen LogP contribution in [0.3, 0.4) is 0 Å². The molecule has 0 radical (unpaired) electrons. The minimum absolute atomic E-state index is 0.0384. The number of benzene rings is 2. The molecule has 34 heavy (non-hydrogen) atoms. The van der Waals surface area contributed by atoms with Crippen LogP contribution in [-0.4, -0.2) is 28.7 Å². The molecule has 4 rings (SSSR count). The highest BCUT2D eigenvalue weighted by molar-refractivity contribution is 7.92. The van der Waals surface area contributed by atoms with Gasteiger partial charge in [0.05, 0.1) is 28.5 Å². The summed E-state index contributed by atoms with van der Waals surface area (Å²) in [6, 6.07) is 19.8. The van der Waals surface area contributed by atoms with Gasteiger partial charge in [-0.1, -0.05) is 24.3 Å². The number of carbonyl (C=O) groups is 1. The fourth-order valence-electron chi connectivity index (χ4n) is 3.44. The van der Waals surface area contributed by atoms with Crippen molar-refractivity contribution in [3.8, 4) is 5.69 Å². The molecule has 0 saturated carbocycles. The SMILES string of the molecule is Cc1c(NS(=O)(=O)c2ccc(C(=O)NCc3ccccn3)cc2)c(=O)n(-c2ccccc2)n1C. The molecule has 2 heterocycles. The van der Waals surface area contributed by atoms with Crippen LogP contribution >= 0.6 is 0 Å². The van der Waals surface area contributed by atoms with E-state index in [1.165, 1.54) is 28.9 Å². The highest BCUT2D eigenvalue weighted by Crippen LogP contribution is 2.19. The first-order valence-electron chi connectivity index (χ1n) is 10.4. The van der Waals surface area contributed by atoms with Gasteiger partial charge in [0.2, 0.25) is 0 Å². The number of sulfonamides is 1. The van der Waals surface area contributed by atoms with E-state index in [0.717, 1.165) is 0 Å². The van der Waals surface area contributed by atoms with E-state index in [4.69, 9.17) is 0 Å². The van der Waals surface area contributed by atoms with E-state index >= 15 is 0 Å². The fraction of sp³-hybridized carbons (Fsp3) is 0.125. The Morgan fingerprint density at radius 2 is 1.65 bits per heavy atom. The Kier molecular flexibility index (Phi) is 6.33. The quantitative estimate of drug-likeness (QED) is 0.425. The molecule has 174 valence electrons. The summed E-state index contributed by atoms with van der Waals surface area (Å²) in [5, 5.41) is 2.74. The smallest absolute Gasteiger partial charge is 0.296 e. The second-order valence-corrected chi connectivity index (χ2v) is 9.25. The summed E-state index contributed by atoms with van der Waals surface area (Å²) in [7, 11) is -2.38. The maximum absolute atomic E-state index is 13.0. The van der Waals surface area contributed by atoms with Crippen molar-refractivity contribution in [3.05, 3.63) is 106 Å². The first kappa shape index (κ1) is 23.0. The number of hydrogen-bond acceptors (Lipinski definition) is 5. The normalized spacial score (nSPS) is 11.2. The van der Waals surface area contributed by atoms with Crippen LogP contribution in [0.15, 0.2) is 88.7 Å². The Hall–Kier alpha value is -4.18. The van der Waals surface area contributed by atoms with Crippen LogP contribution in [0.4, 0.5) is 5.69 Å². The van der Waals surface area contributed by atoms with Gasteiger partial charge in [-0.25, -0.2) is 13.1 Å². The monoisotopic (exact) mass is 477 g/mol. The number of pyridine rings is 1. The number of rotatable bonds is 7. The van der Waals surface area contributed by atoms with Gasteiger partial charge in [0.1, 0.15) is 5.69 Å². The van der Waals surface area contributed by atoms with Gasteiger partial charge in [0, 0.05) is 18.8 Å². The highest BCUT2D eigenvalue weighted by Gasteiger charge is 2.22. The lowest BCUT2D eigenvalue weighted by molar-refractivity contribution is 0.0950. The van der Waals surface area contributed by atoms with Gasteiger partial charge in [0.15, 0.2) is 0 Å². The Bertz CT molecular complexity index is 1480. The molecular weight excluding hydrogens is 454 g/mol. The van der Waals surface area contributed by atoms with E-state index in [-0.39, 0.29) is 23.0 Å². The summed E-state index contributed by atoms with van der Waals surface area (Å²) >= 11 is 0. The van der Waals surface area contributed by atoms with Gasteiger partial charge in [-0.2, -0.15) is 0 Å². The van der Waals surface area contributed by atoms with Gasteiger partial charge in [-0.3, -0.25) is 24.0 Å². The Morgan fingerprint density at radius 3 is 2.29 bits per heavy atom. The second kappa shape index (κ2) is 9.36. The molecule has 0 aliphatic carbocycles. The molecule has 0 aliphatic rings. The maximum atomic E-state index is 13.0. The lowest BCUT2D eigenvalue weighted by atomic mass is 10.2. The molecular formula is C24H23N5O4S. The number of hydrogen-bond donors (Lipinski definition) is 2. The van der Waals surface area contributed by atoms with Gasteiger partial charge in [-0.05, 0) is 55.5 Å². The van der Waals surface area contributed by atoms with Crippen molar-refractivity contribution >= 4 is 21.6 Å². The number of amides is 1. The molecule has 0 spiro atoms. The summed E-state index contributed by atoms with van der Waals surface area (Å²) in [6.45, 7) is 1.91. The van der Waals surface area contributed by atoms with Crippen molar-refractivity contribution in [1.82, 2.24) is 19.7 Å². The van der Waals surface area contributed by atoms with E-state index in [9.17, 15) is 18.0 Å². The number of anilines is 1. The third kappa shape index (κ3) is 4.62. The number of nitrogens with zero attached hydrogens (tertiary/aromatic N) is 3. The molecule has 0 unspecified atom stereocenters. The molecule has 0 saturated heterocycles. The summed E-state index contributed by atoms with van der Waals surface area (Å²) in [6.07, 6.45) is 1.64. The van der Waals surface area contributed by atoms with E-state index < -0.39 is 15.6 Å².